The van der Waals surface area contributed by atoms with E-state index in [1.54, 1.807) is 15.9 Å². The average molecular weight is 1710 g/mol. The zero-order valence-electron chi connectivity index (χ0n) is 75.2. The molecule has 21 heterocycles. The van der Waals surface area contributed by atoms with E-state index in [-0.39, 0.29) is 0 Å². The standard InChI is InChI=1S/C14H22N2S.C13H22N4.C13H21N3O.C13H21N3S.2C12H22N6.C11H20N6/c1-15-9-6-12(7-10-15)16-8-2-4-13(16)14-5-3-11-17-14;1-16-9-5-11(6-10-16)17-8-2-3-13(17)12-4-7-14-15-12;1-15-8-4-11(5-9-15)16-7-2-3-13(16)12-6-10-17-14-12;1-15-8-4-11(5-9-15)16-7-2-3-12(16)13-14-6-10-17-13;1-16-8-5-10(6-9-16)18-7-3-4-11(18)12-13-14-15-17(12)2;1-16-8-5-10(6-9-16)18-7-3-4-11(18)12-13-15-17(2)14-12;1-16-7-4-9(5-8-16)17-6-2-3-10(17)11-12-14-15-13-11/h3,5,11-13H,2,4,6-10H2,1H3;4,7,11,13H,2-3,5-6,8-10H2,1H3,(H,14,15);6,10-11,13H,2-5,7-9H2,1H3;6,10-12H,2-5,7-9H2,1H3;2*10-11H,3-9H2,1-2H3;9-10H,2-8H2,1H3,(H,12,13,14,15)/t13-;;;12-;;;/m1..1.../s1. The Balaban J connectivity index is 0.000000110. The summed E-state index contributed by atoms with van der Waals surface area (Å²) in [6.45, 7) is 25.9. The van der Waals surface area contributed by atoms with E-state index in [4.69, 9.17) is 4.52 Å². The molecule has 7 atom stereocenters. The lowest BCUT2D eigenvalue weighted by molar-refractivity contribution is 0.105. The Bertz CT molecular complexity index is 3520. The average Bonchev–Trinajstić information content (AvgIpc) is 1.67. The normalized spacial score (nSPS) is 28.6. The molecule has 0 amide bonds. The van der Waals surface area contributed by atoms with Crippen LogP contribution < -0.4 is 0 Å². The number of nitrogens with one attached hydrogen (secondary N) is 2. The van der Waals surface area contributed by atoms with E-state index in [2.05, 4.69) is 219 Å². The third-order valence-electron chi connectivity index (χ3n) is 29.9. The maximum Gasteiger partial charge on any atom is 0.191 e. The second-order valence-corrected chi connectivity index (χ2v) is 39.8. The van der Waals surface area contributed by atoms with Crippen molar-refractivity contribution < 1.29 is 4.52 Å². The molecule has 14 saturated heterocycles. The number of aryl methyl sites for hydroxylation is 2. The van der Waals surface area contributed by atoms with E-state index >= 15 is 0 Å². The fourth-order valence-electron chi connectivity index (χ4n) is 22.9. The molecule has 670 valence electrons. The minimum absolute atomic E-state index is 0.391. The van der Waals surface area contributed by atoms with Crippen molar-refractivity contribution in [3.63, 3.8) is 0 Å². The van der Waals surface area contributed by atoms with Crippen LogP contribution in [0, 0.1) is 0 Å². The first-order valence-corrected chi connectivity index (χ1v) is 49.1. The Labute approximate surface area is 730 Å². The summed E-state index contributed by atoms with van der Waals surface area (Å²) in [5.74, 6) is 2.82. The smallest absolute Gasteiger partial charge is 0.191 e. The van der Waals surface area contributed by atoms with Crippen molar-refractivity contribution in [1.29, 1.82) is 0 Å². The number of aromatic amines is 2. The number of thiophene rings is 1. The van der Waals surface area contributed by atoms with Crippen molar-refractivity contribution in [1.82, 2.24) is 150 Å². The van der Waals surface area contributed by atoms with Gasteiger partial charge in [0.05, 0.1) is 49.0 Å². The molecule has 5 unspecified atom stereocenters. The highest BCUT2D eigenvalue weighted by atomic mass is 32.1. The third-order valence-corrected chi connectivity index (χ3v) is 31.7. The lowest BCUT2D eigenvalue weighted by atomic mass is 10.0. The van der Waals surface area contributed by atoms with Gasteiger partial charge < -0.3 is 38.8 Å². The van der Waals surface area contributed by atoms with E-state index in [9.17, 15) is 0 Å². The number of hydrogen-bond acceptors (Lipinski definition) is 29. The molecule has 0 saturated carbocycles. The number of hydrogen-bond donors (Lipinski definition) is 2. The van der Waals surface area contributed by atoms with Gasteiger partial charge in [-0.15, -0.1) is 48.2 Å². The van der Waals surface area contributed by atoms with Crippen LogP contribution in [0.2, 0.25) is 0 Å². The first-order chi connectivity index (χ1) is 59.2. The zero-order valence-corrected chi connectivity index (χ0v) is 76.8. The van der Waals surface area contributed by atoms with Gasteiger partial charge in [0.2, 0.25) is 0 Å². The molecule has 0 spiro atoms. The molecule has 0 aromatic carbocycles. The summed E-state index contributed by atoms with van der Waals surface area (Å²) in [6, 6.07) is 17.6. The molecule has 33 heteroatoms. The summed E-state index contributed by atoms with van der Waals surface area (Å²) in [7, 11) is 19.3. The number of likely N-dealkylation sites (tertiary alicyclic amines) is 14. The van der Waals surface area contributed by atoms with Gasteiger partial charge in [0, 0.05) is 84.1 Å². The number of aromatic nitrogens is 16. The van der Waals surface area contributed by atoms with Crippen molar-refractivity contribution in [2.45, 2.75) is 264 Å². The topological polar surface area (TPSA) is 255 Å². The van der Waals surface area contributed by atoms with Gasteiger partial charge in [-0.25, -0.2) is 9.67 Å². The highest BCUT2D eigenvalue weighted by molar-refractivity contribution is 7.10. The first kappa shape index (κ1) is 90.2. The molecular weight excluding hydrogens is 1560 g/mol. The Morgan fingerprint density at radius 1 is 0.364 bits per heavy atom. The summed E-state index contributed by atoms with van der Waals surface area (Å²) in [5, 5.41) is 56.2. The molecule has 2 N–H and O–H groups in total. The van der Waals surface area contributed by atoms with Crippen LogP contribution in [0.15, 0.2) is 58.2 Å². The summed E-state index contributed by atoms with van der Waals surface area (Å²) >= 11 is 3.76. The van der Waals surface area contributed by atoms with Crippen molar-refractivity contribution in [2.75, 3.05) is 187 Å². The Morgan fingerprint density at radius 3 is 1.15 bits per heavy atom. The predicted octanol–water partition coefficient (Wildman–Crippen LogP) is 10.2. The van der Waals surface area contributed by atoms with Crippen molar-refractivity contribution in [2.24, 2.45) is 14.1 Å². The monoisotopic (exact) mass is 1710 g/mol. The third kappa shape index (κ3) is 24.2. The van der Waals surface area contributed by atoms with Crippen molar-refractivity contribution in [3.05, 3.63) is 92.4 Å². The van der Waals surface area contributed by atoms with Gasteiger partial charge in [-0.05, 0) is 400 Å². The largest absolute Gasteiger partial charge is 0.364 e. The van der Waals surface area contributed by atoms with Crippen molar-refractivity contribution in [3.8, 4) is 0 Å². The summed E-state index contributed by atoms with van der Waals surface area (Å²) in [4.78, 5) is 43.5. The fourth-order valence-corrected chi connectivity index (χ4v) is 24.6. The quantitative estimate of drug-likeness (QED) is 0.103. The summed E-state index contributed by atoms with van der Waals surface area (Å²) < 4.78 is 6.83. The molecule has 7 aromatic heterocycles. The van der Waals surface area contributed by atoms with Gasteiger partial charge in [0.25, 0.3) is 0 Å². The Morgan fingerprint density at radius 2 is 0.769 bits per heavy atom. The number of rotatable bonds is 14. The van der Waals surface area contributed by atoms with E-state index in [1.807, 2.05) is 59.9 Å². The number of thiazole rings is 1. The van der Waals surface area contributed by atoms with Crippen LogP contribution >= 0.6 is 22.7 Å². The molecule has 14 aliphatic heterocycles. The molecule has 0 bridgehead atoms. The minimum atomic E-state index is 0.391. The molecule has 7 aromatic rings. The summed E-state index contributed by atoms with van der Waals surface area (Å²) in [5.41, 5.74) is 2.43. The molecule has 14 fully saturated rings. The highest BCUT2D eigenvalue weighted by Crippen LogP contribution is 2.43. The SMILES string of the molecule is CN1CCC(N2CCCC2c2ccn[nH]2)CC1.CN1CCC(N2CCCC2c2ccon2)CC1.CN1CCC(N2CCCC2c2nn[nH]n2)CC1.CN1CCC(N2CCCC2c2nnn(C)n2)CC1.CN1CCC(N2CCCC2c2nnnn2C)CC1.CN1CCC(N2CCC[C@@H]2c2cccs2)CC1.CN1CCC(N2CCC[C@@H]2c2nccs2)CC1. The molecule has 121 heavy (non-hydrogen) atoms. The van der Waals surface area contributed by atoms with Gasteiger partial charge in [-0.3, -0.25) is 39.4 Å². The molecule has 0 radical (unpaired) electrons. The van der Waals surface area contributed by atoms with Crippen LogP contribution in [-0.4, -0.2) is 379 Å². The van der Waals surface area contributed by atoms with Crippen LogP contribution in [0.3, 0.4) is 0 Å². The number of nitrogens with zero attached hydrogens (tertiary/aromatic N) is 28. The van der Waals surface area contributed by atoms with Crippen LogP contribution in [0.4, 0.5) is 0 Å². The van der Waals surface area contributed by atoms with E-state index in [1.165, 1.54) is 328 Å². The maximum atomic E-state index is 4.99. The highest BCUT2D eigenvalue weighted by Gasteiger charge is 2.42. The van der Waals surface area contributed by atoms with Crippen LogP contribution in [0.1, 0.15) is 261 Å². The molecule has 14 aliphatic rings. The predicted molar refractivity (Wildman–Crippen MR) is 478 cm³/mol. The lowest BCUT2D eigenvalue weighted by Crippen LogP contribution is -2.43. The van der Waals surface area contributed by atoms with Gasteiger partial charge in [-0.1, -0.05) is 16.4 Å². The number of piperidine rings is 7. The van der Waals surface area contributed by atoms with Gasteiger partial charge in [-0.2, -0.15) is 15.1 Å². The van der Waals surface area contributed by atoms with E-state index in [0.717, 1.165) is 53.4 Å². The van der Waals surface area contributed by atoms with E-state index < -0.39 is 0 Å². The summed E-state index contributed by atoms with van der Waals surface area (Å²) in [6.07, 6.45) is 41.6. The molecule has 21 rings (SSSR count). The second-order valence-electron chi connectivity index (χ2n) is 37.9. The van der Waals surface area contributed by atoms with Gasteiger partial charge >= 0.3 is 0 Å². The molecule has 0 aliphatic carbocycles. The van der Waals surface area contributed by atoms with Crippen LogP contribution in [-0.2, 0) is 14.1 Å². The molecular formula is C88H150N30OS2. The van der Waals surface area contributed by atoms with Crippen LogP contribution in [0.5, 0.6) is 0 Å². The van der Waals surface area contributed by atoms with Gasteiger partial charge in [0.1, 0.15) is 17.0 Å². The fraction of sp³-hybridized carbons (Fsp3) is 0.818. The zero-order chi connectivity index (χ0) is 83.4. The first-order valence-electron chi connectivity index (χ1n) is 47.3. The minimum Gasteiger partial charge on any atom is -0.364 e. The van der Waals surface area contributed by atoms with Crippen molar-refractivity contribution >= 4 is 22.7 Å². The van der Waals surface area contributed by atoms with E-state index in [0.29, 0.717) is 54.4 Å². The molecule has 31 nitrogen and oxygen atoms in total. The second kappa shape index (κ2) is 45.2. The maximum absolute atomic E-state index is 4.99. The van der Waals surface area contributed by atoms with Crippen LogP contribution in [0.25, 0.3) is 0 Å². The lowest BCUT2D eigenvalue weighted by Gasteiger charge is -2.38. The Hall–Kier alpha value is -5.60. The Kier molecular flexibility index (Phi) is 33.7. The van der Waals surface area contributed by atoms with Gasteiger partial charge in [0.15, 0.2) is 17.5 Å². The number of H-pyrrole nitrogens is 2. The number of tetrazole rings is 3.